The fourth-order valence-corrected chi connectivity index (χ4v) is 0. The largest absolute Gasteiger partial charge is 0.503 e. The molecule has 0 heterocycles. The summed E-state index contributed by atoms with van der Waals surface area (Å²) in [6.45, 7) is 0. The van der Waals surface area contributed by atoms with Crippen LogP contribution in [0.5, 0.6) is 0 Å². The first-order valence-corrected chi connectivity index (χ1v) is 0.651. The summed E-state index contributed by atoms with van der Waals surface area (Å²) >= 11 is 0. The Balaban J connectivity index is -0.0000000450. The van der Waals surface area contributed by atoms with Gasteiger partial charge >= 0.3 is 6.16 Å². The molecule has 0 amide bonds. The van der Waals surface area contributed by atoms with Crippen LogP contribution in [0.25, 0.3) is 0 Å². The van der Waals surface area contributed by atoms with Crippen molar-refractivity contribution in [3.63, 3.8) is 0 Å². The third-order valence-corrected chi connectivity index (χ3v) is 0. The zero-order valence-corrected chi connectivity index (χ0v) is 4.42. The van der Waals surface area contributed by atoms with Crippen molar-refractivity contribution in [2.75, 3.05) is 0 Å². The van der Waals surface area contributed by atoms with Crippen molar-refractivity contribution in [3.05, 3.63) is 0 Å². The van der Waals surface area contributed by atoms with Crippen LogP contribution < -0.4 is 0 Å². The smallest absolute Gasteiger partial charge is 0.450 e. The third-order valence-electron chi connectivity index (χ3n) is 0. The maximum atomic E-state index is 8.56. The van der Waals surface area contributed by atoms with Crippen LogP contribution in [-0.2, 0) is 0 Å². The molecule has 0 aromatic rings. The molecule has 0 fully saturated rings. The van der Waals surface area contributed by atoms with Gasteiger partial charge in [-0.15, -0.1) is 0 Å². The van der Waals surface area contributed by atoms with Crippen molar-refractivity contribution < 1.29 is 20.5 Å². The number of hydrogen-bond donors (Lipinski definition) is 2. The predicted molar refractivity (Wildman–Crippen MR) is 20.0 cm³/mol. The van der Waals surface area contributed by atoms with E-state index in [1.54, 1.807) is 0 Å². The van der Waals surface area contributed by atoms with Crippen LogP contribution in [0.1, 0.15) is 0 Å². The molecule has 4 N–H and O–H groups in total. The van der Waals surface area contributed by atoms with Gasteiger partial charge in [0.1, 0.15) is 0 Å². The second-order valence-corrected chi connectivity index (χ2v) is 0.283. The Morgan fingerprint density at radius 3 is 1.33 bits per heavy atom. The summed E-state index contributed by atoms with van der Waals surface area (Å²) < 4.78 is 0. The van der Waals surface area contributed by atoms with Crippen LogP contribution >= 0.6 is 0 Å². The normalized spacial score (nSPS) is 4.00. The quantitative estimate of drug-likeness (QED) is 0.387. The summed E-state index contributed by atoms with van der Waals surface area (Å²) in [4.78, 5) is 8.56. The van der Waals surface area contributed by atoms with Crippen molar-refractivity contribution >= 4 is 29.2 Å². The van der Waals surface area contributed by atoms with Gasteiger partial charge < -0.3 is 15.7 Å². The highest BCUT2D eigenvalue weighted by Crippen LogP contribution is 1.42. The molecule has 0 aliphatic rings. The fourth-order valence-electron chi connectivity index (χ4n) is 0. The summed E-state index contributed by atoms with van der Waals surface area (Å²) in [5.74, 6) is 0. The van der Waals surface area contributed by atoms with E-state index in [9.17, 15) is 0 Å². The topological polar surface area (TPSA) is 89.0 Å². The molecule has 0 aliphatic carbocycles. The molecule has 4 nitrogen and oxygen atoms in total. The summed E-state index contributed by atoms with van der Waals surface area (Å²) in [6, 6.07) is 0. The highest BCUT2D eigenvalue weighted by Gasteiger charge is 1.70. The molecule has 0 spiro atoms. The monoisotopic (exact) mass is 104 g/mol. The van der Waals surface area contributed by atoms with Crippen LogP contribution in [0.15, 0.2) is 0 Å². The lowest BCUT2D eigenvalue weighted by molar-refractivity contribution is 0.137. The SMILES string of the molecule is O.O=C(O)O.[Mg]. The van der Waals surface area contributed by atoms with Gasteiger partial charge in [-0.3, -0.25) is 0 Å². The van der Waals surface area contributed by atoms with E-state index < -0.39 is 6.16 Å². The van der Waals surface area contributed by atoms with E-state index in [1.165, 1.54) is 0 Å². The lowest BCUT2D eigenvalue weighted by atomic mass is 11.5. The molecule has 0 aromatic carbocycles. The van der Waals surface area contributed by atoms with E-state index in [0.717, 1.165) is 0 Å². The molecule has 0 atom stereocenters. The molecule has 0 rings (SSSR count). The van der Waals surface area contributed by atoms with E-state index in [2.05, 4.69) is 0 Å². The first kappa shape index (κ1) is 16.7. The average Bonchev–Trinajstić information content (AvgIpc) is 0.811. The maximum Gasteiger partial charge on any atom is 0.503 e. The fraction of sp³-hybridized carbons (Fsp3) is 0. The molecule has 0 aromatic heterocycles. The third kappa shape index (κ3) is 2530000. The van der Waals surface area contributed by atoms with Crippen LogP contribution in [0.3, 0.4) is 0 Å². The van der Waals surface area contributed by atoms with Crippen LogP contribution in [0.4, 0.5) is 4.79 Å². The molecule has 2 radical (unpaired) electrons. The first-order valence-electron chi connectivity index (χ1n) is 0.651. The molecule has 5 heteroatoms. The van der Waals surface area contributed by atoms with Crippen molar-refractivity contribution in [2.45, 2.75) is 0 Å². The van der Waals surface area contributed by atoms with Crippen molar-refractivity contribution in [1.29, 1.82) is 0 Å². The van der Waals surface area contributed by atoms with Gasteiger partial charge in [-0.2, -0.15) is 0 Å². The zero-order chi connectivity index (χ0) is 3.58. The van der Waals surface area contributed by atoms with Gasteiger partial charge in [-0.25, -0.2) is 4.79 Å². The lowest BCUT2D eigenvalue weighted by Crippen LogP contribution is -1.81. The van der Waals surface area contributed by atoms with E-state index >= 15 is 0 Å². The van der Waals surface area contributed by atoms with Gasteiger partial charge in [0.2, 0.25) is 0 Å². The summed E-state index contributed by atoms with van der Waals surface area (Å²) in [6.07, 6.45) is -1.83. The molecule has 0 unspecified atom stereocenters. The van der Waals surface area contributed by atoms with Crippen LogP contribution in [0.2, 0.25) is 0 Å². The molecule has 0 bridgehead atoms. The van der Waals surface area contributed by atoms with Crippen LogP contribution in [-0.4, -0.2) is 44.9 Å². The summed E-state index contributed by atoms with van der Waals surface area (Å²) in [7, 11) is 0. The predicted octanol–water partition coefficient (Wildman–Crippen LogP) is -0.983. The highest BCUT2D eigenvalue weighted by molar-refractivity contribution is 5.75. The van der Waals surface area contributed by atoms with Gasteiger partial charge in [0.05, 0.1) is 0 Å². The van der Waals surface area contributed by atoms with E-state index in [0.29, 0.717) is 0 Å². The molecular formula is CH4MgO4. The summed E-state index contributed by atoms with van der Waals surface area (Å²) in [5, 5.41) is 13.9. The van der Waals surface area contributed by atoms with Crippen molar-refractivity contribution in [1.82, 2.24) is 0 Å². The van der Waals surface area contributed by atoms with Crippen molar-refractivity contribution in [3.8, 4) is 0 Å². The van der Waals surface area contributed by atoms with Crippen LogP contribution in [0, 0.1) is 0 Å². The number of carboxylic acid groups (broad SMARTS) is 2. The molecule has 0 saturated carbocycles. The lowest BCUT2D eigenvalue weighted by Gasteiger charge is -1.60. The number of hydrogen-bond acceptors (Lipinski definition) is 1. The second-order valence-electron chi connectivity index (χ2n) is 0.283. The first-order chi connectivity index (χ1) is 1.73. The molecular weight excluding hydrogens is 100 g/mol. The van der Waals surface area contributed by atoms with Gasteiger partial charge in [-0.05, 0) is 0 Å². The van der Waals surface area contributed by atoms with Gasteiger partial charge in [0.25, 0.3) is 0 Å². The molecule has 6 heavy (non-hydrogen) atoms. The highest BCUT2D eigenvalue weighted by atomic mass is 24.3. The Morgan fingerprint density at radius 1 is 1.33 bits per heavy atom. The minimum Gasteiger partial charge on any atom is -0.450 e. The van der Waals surface area contributed by atoms with Gasteiger partial charge in [0.15, 0.2) is 0 Å². The van der Waals surface area contributed by atoms with E-state index in [1.807, 2.05) is 0 Å². The number of carbonyl (C=O) groups is 1. The Labute approximate surface area is 50.2 Å². The Bertz CT molecular complexity index is 30.5. The minimum atomic E-state index is -1.83. The molecule has 34 valence electrons. The maximum absolute atomic E-state index is 8.56. The van der Waals surface area contributed by atoms with Gasteiger partial charge in [-0.1, -0.05) is 0 Å². The van der Waals surface area contributed by atoms with Crippen molar-refractivity contribution in [2.24, 2.45) is 0 Å². The van der Waals surface area contributed by atoms with E-state index in [-0.39, 0.29) is 28.5 Å². The second kappa shape index (κ2) is 8.89. The minimum absolute atomic E-state index is 0. The standard InChI is InChI=1S/CH2O3.Mg.H2O/c2-1(3)4;;/h(H2,2,3,4);;1H2. The Hall–Kier alpha value is -0.00377. The average molecular weight is 104 g/mol. The zero-order valence-electron chi connectivity index (χ0n) is 3.01. The summed E-state index contributed by atoms with van der Waals surface area (Å²) in [5.41, 5.74) is 0. The van der Waals surface area contributed by atoms with Gasteiger partial charge in [0, 0.05) is 23.1 Å². The molecule has 0 saturated heterocycles. The Kier molecular flexibility index (Phi) is 24.7. The Morgan fingerprint density at radius 2 is 1.33 bits per heavy atom. The van der Waals surface area contributed by atoms with E-state index in [4.69, 9.17) is 15.0 Å². The molecule has 0 aliphatic heterocycles. The number of rotatable bonds is 0.